The number of hydrogen-bond donors (Lipinski definition) is 9. The highest BCUT2D eigenvalue weighted by atomic mass is 32.2. The van der Waals surface area contributed by atoms with Crippen LogP contribution in [0.5, 0.6) is 0 Å². The van der Waals surface area contributed by atoms with Crippen molar-refractivity contribution in [2.75, 3.05) is 31.6 Å². The topological polar surface area (TPSA) is 267 Å². The maximum atomic E-state index is 13.2. The molecule has 15 heteroatoms. The lowest BCUT2D eigenvalue weighted by atomic mass is 10.0. The standard InChI is InChI=1S/C23H47N9O5S/c1-38-14-10-18(22(36)37)32-21(35)17(9-6-13-29-23(27)28)31-20(34)16(8-3-5-12-25)30-19(33)15(26)7-2-4-11-24/h15-18H,2-14,24-26H2,1H3,(H,30,33)(H,31,34)(H,32,35)(H,36,37)(H4,27,28,29). The first-order valence-corrected chi connectivity index (χ1v) is 14.3. The molecule has 4 atom stereocenters. The van der Waals surface area contributed by atoms with E-state index in [4.69, 9.17) is 28.7 Å². The summed E-state index contributed by atoms with van der Waals surface area (Å²) in [4.78, 5) is 54.4. The number of aliphatic carboxylic acids is 1. The second kappa shape index (κ2) is 21.3. The Labute approximate surface area is 229 Å². The van der Waals surface area contributed by atoms with Crippen molar-refractivity contribution >= 4 is 41.4 Å². The molecule has 38 heavy (non-hydrogen) atoms. The monoisotopic (exact) mass is 561 g/mol. The molecule has 0 aromatic rings. The molecule has 0 radical (unpaired) electrons. The van der Waals surface area contributed by atoms with Gasteiger partial charge in [-0.3, -0.25) is 19.4 Å². The first kappa shape index (κ1) is 35.4. The van der Waals surface area contributed by atoms with E-state index < -0.39 is 47.9 Å². The third-order valence-corrected chi connectivity index (χ3v) is 6.33. The number of thioether (sulfide) groups is 1. The van der Waals surface area contributed by atoms with Crippen molar-refractivity contribution in [2.45, 2.75) is 82.0 Å². The summed E-state index contributed by atoms with van der Waals surface area (Å²) in [5, 5.41) is 17.3. The van der Waals surface area contributed by atoms with Gasteiger partial charge in [0.05, 0.1) is 6.04 Å². The van der Waals surface area contributed by atoms with Crippen LogP contribution in [0, 0.1) is 0 Å². The third-order valence-electron chi connectivity index (χ3n) is 5.69. The first-order chi connectivity index (χ1) is 18.1. The average Bonchev–Trinajstić information content (AvgIpc) is 2.87. The maximum Gasteiger partial charge on any atom is 0.326 e. The van der Waals surface area contributed by atoms with E-state index in [1.54, 1.807) is 0 Å². The summed E-state index contributed by atoms with van der Waals surface area (Å²) < 4.78 is 0. The van der Waals surface area contributed by atoms with E-state index in [2.05, 4.69) is 20.9 Å². The predicted octanol–water partition coefficient (Wildman–Crippen LogP) is -2.08. The van der Waals surface area contributed by atoms with Crippen LogP contribution in [0.4, 0.5) is 0 Å². The predicted molar refractivity (Wildman–Crippen MR) is 150 cm³/mol. The molecule has 0 aliphatic carbocycles. The zero-order valence-corrected chi connectivity index (χ0v) is 23.1. The molecule has 0 aliphatic rings. The van der Waals surface area contributed by atoms with Gasteiger partial charge in [0.25, 0.3) is 0 Å². The van der Waals surface area contributed by atoms with Gasteiger partial charge in [0.1, 0.15) is 18.1 Å². The van der Waals surface area contributed by atoms with Gasteiger partial charge >= 0.3 is 5.97 Å². The van der Waals surface area contributed by atoms with Crippen LogP contribution in [0.2, 0.25) is 0 Å². The van der Waals surface area contributed by atoms with E-state index in [0.29, 0.717) is 50.9 Å². The molecule has 0 spiro atoms. The Bertz CT molecular complexity index is 753. The summed E-state index contributed by atoms with van der Waals surface area (Å²) in [5.74, 6) is -2.46. The highest BCUT2D eigenvalue weighted by Crippen LogP contribution is 2.08. The molecule has 0 bridgehead atoms. The van der Waals surface area contributed by atoms with Gasteiger partial charge in [-0.05, 0) is 76.5 Å². The highest BCUT2D eigenvalue weighted by Gasteiger charge is 2.30. The summed E-state index contributed by atoms with van der Waals surface area (Å²) in [5.41, 5.74) is 27.7. The Kier molecular flexibility index (Phi) is 19.9. The molecule has 0 aromatic heterocycles. The molecule has 220 valence electrons. The molecule has 3 amide bonds. The van der Waals surface area contributed by atoms with E-state index in [0.717, 1.165) is 6.42 Å². The number of nitrogens with one attached hydrogen (secondary N) is 3. The van der Waals surface area contributed by atoms with E-state index in [-0.39, 0.29) is 31.8 Å². The lowest BCUT2D eigenvalue weighted by Crippen LogP contribution is -2.57. The number of rotatable bonds is 22. The molecule has 0 heterocycles. The number of unbranched alkanes of at least 4 members (excludes halogenated alkanes) is 2. The normalized spacial score (nSPS) is 14.0. The average molecular weight is 562 g/mol. The van der Waals surface area contributed by atoms with Crippen molar-refractivity contribution in [1.82, 2.24) is 16.0 Å². The lowest BCUT2D eigenvalue weighted by molar-refractivity contribution is -0.142. The minimum atomic E-state index is -1.17. The number of amides is 3. The number of nitrogens with two attached hydrogens (primary N) is 5. The Hall–Kier alpha value is -2.62. The number of carbonyl (C=O) groups excluding carboxylic acids is 3. The van der Waals surface area contributed by atoms with Crippen LogP contribution in [0.3, 0.4) is 0 Å². The van der Waals surface area contributed by atoms with E-state index in [9.17, 15) is 24.3 Å². The summed E-state index contributed by atoms with van der Waals surface area (Å²) in [6.07, 6.45) is 5.85. The van der Waals surface area contributed by atoms with E-state index in [1.807, 2.05) is 6.26 Å². The van der Waals surface area contributed by atoms with Gasteiger partial charge < -0.3 is 49.7 Å². The molecule has 0 saturated heterocycles. The molecule has 4 unspecified atom stereocenters. The number of aliphatic imine (C=N–C) groups is 1. The molecular formula is C23H47N9O5S. The van der Waals surface area contributed by atoms with Crippen LogP contribution in [0.15, 0.2) is 4.99 Å². The Morgan fingerprint density at radius 3 is 1.76 bits per heavy atom. The van der Waals surface area contributed by atoms with Crippen LogP contribution in [-0.4, -0.2) is 90.6 Å². The van der Waals surface area contributed by atoms with Crippen molar-refractivity contribution in [3.8, 4) is 0 Å². The van der Waals surface area contributed by atoms with Crippen molar-refractivity contribution in [2.24, 2.45) is 33.7 Å². The number of carboxylic acids is 1. The Balaban J connectivity index is 5.56. The summed E-state index contributed by atoms with van der Waals surface area (Å²) in [6, 6.07) is -3.94. The lowest BCUT2D eigenvalue weighted by Gasteiger charge is -2.25. The molecule has 0 saturated carbocycles. The molecule has 0 aromatic carbocycles. The SMILES string of the molecule is CSCCC(NC(=O)C(CCCN=C(N)N)NC(=O)C(CCCCN)NC(=O)C(N)CCCCN)C(=O)O. The van der Waals surface area contributed by atoms with Gasteiger partial charge in [-0.2, -0.15) is 11.8 Å². The summed E-state index contributed by atoms with van der Waals surface area (Å²) >= 11 is 1.45. The fourth-order valence-corrected chi connectivity index (χ4v) is 3.96. The van der Waals surface area contributed by atoms with Gasteiger partial charge in [0.15, 0.2) is 5.96 Å². The van der Waals surface area contributed by atoms with Crippen LogP contribution >= 0.6 is 11.8 Å². The number of nitrogens with zero attached hydrogens (tertiary/aromatic N) is 1. The highest BCUT2D eigenvalue weighted by molar-refractivity contribution is 7.98. The van der Waals surface area contributed by atoms with Gasteiger partial charge in [0.2, 0.25) is 17.7 Å². The quantitative estimate of drug-likeness (QED) is 0.0393. The molecule has 14 N–H and O–H groups in total. The van der Waals surface area contributed by atoms with Crippen LogP contribution in [-0.2, 0) is 19.2 Å². The Morgan fingerprint density at radius 1 is 0.763 bits per heavy atom. The molecule has 0 aliphatic heterocycles. The van der Waals surface area contributed by atoms with Crippen LogP contribution < -0.4 is 44.6 Å². The minimum absolute atomic E-state index is 0.108. The van der Waals surface area contributed by atoms with Crippen molar-refractivity contribution in [3.05, 3.63) is 0 Å². The molecule has 0 rings (SSSR count). The fourth-order valence-electron chi connectivity index (χ4n) is 3.49. The second-order valence-electron chi connectivity index (χ2n) is 8.93. The van der Waals surface area contributed by atoms with Gasteiger partial charge in [-0.1, -0.05) is 6.42 Å². The van der Waals surface area contributed by atoms with Crippen LogP contribution in [0.25, 0.3) is 0 Å². The third kappa shape index (κ3) is 16.3. The summed E-state index contributed by atoms with van der Waals surface area (Å²) in [7, 11) is 0. The van der Waals surface area contributed by atoms with Crippen molar-refractivity contribution in [1.29, 1.82) is 0 Å². The fraction of sp³-hybridized carbons (Fsp3) is 0.783. The molecular weight excluding hydrogens is 514 g/mol. The molecule has 14 nitrogen and oxygen atoms in total. The maximum absolute atomic E-state index is 13.2. The smallest absolute Gasteiger partial charge is 0.326 e. The van der Waals surface area contributed by atoms with Crippen molar-refractivity contribution in [3.63, 3.8) is 0 Å². The number of guanidine groups is 1. The number of carboxylic acid groups (broad SMARTS) is 1. The van der Waals surface area contributed by atoms with E-state index >= 15 is 0 Å². The second-order valence-corrected chi connectivity index (χ2v) is 9.91. The van der Waals surface area contributed by atoms with Gasteiger partial charge in [-0.25, -0.2) is 4.79 Å². The zero-order valence-electron chi connectivity index (χ0n) is 22.3. The number of hydrogen-bond acceptors (Lipinski definition) is 9. The van der Waals surface area contributed by atoms with Gasteiger partial charge in [-0.15, -0.1) is 0 Å². The zero-order chi connectivity index (χ0) is 28.9. The van der Waals surface area contributed by atoms with E-state index in [1.165, 1.54) is 11.8 Å². The largest absolute Gasteiger partial charge is 0.480 e. The number of carbonyl (C=O) groups is 4. The van der Waals surface area contributed by atoms with Gasteiger partial charge in [0, 0.05) is 6.54 Å². The Morgan fingerprint density at radius 2 is 1.26 bits per heavy atom. The summed E-state index contributed by atoms with van der Waals surface area (Å²) in [6.45, 7) is 1.12. The minimum Gasteiger partial charge on any atom is -0.480 e. The van der Waals surface area contributed by atoms with Crippen LogP contribution in [0.1, 0.15) is 57.8 Å². The molecule has 0 fully saturated rings. The first-order valence-electron chi connectivity index (χ1n) is 12.9. The van der Waals surface area contributed by atoms with Crippen molar-refractivity contribution < 1.29 is 24.3 Å².